The number of nitrogens with one attached hydrogen (secondary N) is 1. The van der Waals surface area contributed by atoms with Gasteiger partial charge < -0.3 is 11.1 Å². The van der Waals surface area contributed by atoms with Gasteiger partial charge in [0.2, 0.25) is 5.91 Å². The fourth-order valence-electron chi connectivity index (χ4n) is 1.53. The minimum absolute atomic E-state index is 0.124. The molecule has 1 amide bonds. The number of carbonyl (C=O) groups is 1. The maximum atomic E-state index is 13.1. The Labute approximate surface area is 125 Å². The van der Waals surface area contributed by atoms with Crippen LogP contribution in [-0.2, 0) is 4.79 Å². The van der Waals surface area contributed by atoms with Crippen molar-refractivity contribution in [3.05, 3.63) is 53.3 Å². The van der Waals surface area contributed by atoms with Crippen LogP contribution in [0.2, 0.25) is 5.02 Å². The molecular weight excluding hydrogens is 299 g/mol. The molecule has 0 saturated heterocycles. The van der Waals surface area contributed by atoms with Crippen molar-refractivity contribution in [3.63, 3.8) is 0 Å². The molecule has 0 saturated carbocycles. The average molecular weight is 311 g/mol. The van der Waals surface area contributed by atoms with Gasteiger partial charge in [-0.25, -0.2) is 4.39 Å². The summed E-state index contributed by atoms with van der Waals surface area (Å²) in [5.41, 5.74) is 6.71. The number of para-hydroxylation sites is 1. The lowest BCUT2D eigenvalue weighted by Gasteiger charge is -2.08. The van der Waals surface area contributed by atoms with Gasteiger partial charge in [0, 0.05) is 10.6 Å². The molecule has 20 heavy (non-hydrogen) atoms. The first-order chi connectivity index (χ1) is 9.56. The van der Waals surface area contributed by atoms with Crippen LogP contribution in [0.4, 0.5) is 15.8 Å². The van der Waals surface area contributed by atoms with Gasteiger partial charge in [-0.15, -0.1) is 11.8 Å². The predicted octanol–water partition coefficient (Wildman–Crippen LogP) is 3.79. The third kappa shape index (κ3) is 3.88. The third-order valence-corrected chi connectivity index (χ3v) is 3.88. The molecule has 104 valence electrons. The fourth-order valence-corrected chi connectivity index (χ4v) is 2.50. The number of thioether (sulfide) groups is 1. The minimum Gasteiger partial charge on any atom is -0.398 e. The molecular formula is C14H12ClFN2OS. The Morgan fingerprint density at radius 1 is 1.30 bits per heavy atom. The van der Waals surface area contributed by atoms with E-state index in [1.54, 1.807) is 24.3 Å². The topological polar surface area (TPSA) is 55.1 Å². The van der Waals surface area contributed by atoms with E-state index in [4.69, 9.17) is 17.3 Å². The zero-order valence-corrected chi connectivity index (χ0v) is 12.0. The molecule has 0 spiro atoms. The second kappa shape index (κ2) is 6.63. The van der Waals surface area contributed by atoms with Crippen LogP contribution in [0.3, 0.4) is 0 Å². The van der Waals surface area contributed by atoms with Crippen LogP contribution in [0.5, 0.6) is 0 Å². The Hall–Kier alpha value is -1.72. The van der Waals surface area contributed by atoms with Crippen LogP contribution < -0.4 is 11.1 Å². The van der Waals surface area contributed by atoms with Crippen LogP contribution in [0, 0.1) is 5.82 Å². The van der Waals surface area contributed by atoms with E-state index in [1.165, 1.54) is 30.0 Å². The van der Waals surface area contributed by atoms with Crippen LogP contribution in [-0.4, -0.2) is 11.7 Å². The van der Waals surface area contributed by atoms with Crippen molar-refractivity contribution in [2.24, 2.45) is 0 Å². The van der Waals surface area contributed by atoms with E-state index in [-0.39, 0.29) is 17.5 Å². The standard InChI is InChI=1S/C14H12ClFN2OS/c15-10-3-1-2-4-12(10)18-14(19)8-20-13-7-9(16)5-6-11(13)17/h1-7H,8,17H2,(H,18,19). The summed E-state index contributed by atoms with van der Waals surface area (Å²) in [6.07, 6.45) is 0. The maximum absolute atomic E-state index is 13.1. The van der Waals surface area contributed by atoms with Crippen molar-refractivity contribution in [1.82, 2.24) is 0 Å². The number of anilines is 2. The van der Waals surface area contributed by atoms with Gasteiger partial charge in [0.15, 0.2) is 0 Å². The van der Waals surface area contributed by atoms with Crippen LogP contribution in [0.25, 0.3) is 0 Å². The molecule has 0 aromatic heterocycles. The monoisotopic (exact) mass is 310 g/mol. The number of benzene rings is 2. The van der Waals surface area contributed by atoms with Gasteiger partial charge in [0.25, 0.3) is 0 Å². The SMILES string of the molecule is Nc1ccc(F)cc1SCC(=O)Nc1ccccc1Cl. The first-order valence-corrected chi connectivity index (χ1v) is 7.15. The number of rotatable bonds is 4. The van der Waals surface area contributed by atoms with Crippen LogP contribution >= 0.6 is 23.4 Å². The van der Waals surface area contributed by atoms with Crippen molar-refractivity contribution >= 4 is 40.6 Å². The Morgan fingerprint density at radius 2 is 2.05 bits per heavy atom. The molecule has 0 aliphatic carbocycles. The highest BCUT2D eigenvalue weighted by Crippen LogP contribution is 2.26. The molecule has 3 N–H and O–H groups in total. The summed E-state index contributed by atoms with van der Waals surface area (Å²) in [5.74, 6) is -0.487. The normalized spacial score (nSPS) is 10.3. The molecule has 0 aliphatic rings. The first-order valence-electron chi connectivity index (χ1n) is 5.78. The highest BCUT2D eigenvalue weighted by molar-refractivity contribution is 8.00. The number of nitrogen functional groups attached to an aromatic ring is 1. The minimum atomic E-state index is -0.381. The van der Waals surface area contributed by atoms with E-state index >= 15 is 0 Å². The molecule has 0 atom stereocenters. The summed E-state index contributed by atoms with van der Waals surface area (Å²) >= 11 is 7.11. The van der Waals surface area contributed by atoms with Crippen molar-refractivity contribution in [1.29, 1.82) is 0 Å². The number of hydrogen-bond donors (Lipinski definition) is 2. The maximum Gasteiger partial charge on any atom is 0.234 e. The van der Waals surface area contributed by atoms with Gasteiger partial charge in [-0.05, 0) is 30.3 Å². The first kappa shape index (κ1) is 14.7. The quantitative estimate of drug-likeness (QED) is 0.667. The van der Waals surface area contributed by atoms with Crippen molar-refractivity contribution in [3.8, 4) is 0 Å². The van der Waals surface area contributed by atoms with E-state index in [1.807, 2.05) is 0 Å². The van der Waals surface area contributed by atoms with Crippen molar-refractivity contribution < 1.29 is 9.18 Å². The zero-order valence-electron chi connectivity index (χ0n) is 10.4. The summed E-state index contributed by atoms with van der Waals surface area (Å²) < 4.78 is 13.1. The van der Waals surface area contributed by atoms with Gasteiger partial charge in [-0.3, -0.25) is 4.79 Å². The second-order valence-corrected chi connectivity index (χ2v) is 5.42. The lowest BCUT2D eigenvalue weighted by atomic mass is 10.3. The predicted molar refractivity (Wildman–Crippen MR) is 81.6 cm³/mol. The Morgan fingerprint density at radius 3 is 2.80 bits per heavy atom. The Balaban J connectivity index is 1.96. The number of hydrogen-bond acceptors (Lipinski definition) is 3. The van der Waals surface area contributed by atoms with E-state index in [0.717, 1.165) is 0 Å². The smallest absolute Gasteiger partial charge is 0.234 e. The number of nitrogens with two attached hydrogens (primary N) is 1. The van der Waals surface area contributed by atoms with Gasteiger partial charge in [-0.1, -0.05) is 23.7 Å². The van der Waals surface area contributed by atoms with Crippen molar-refractivity contribution in [2.75, 3.05) is 16.8 Å². The van der Waals surface area contributed by atoms with E-state index in [2.05, 4.69) is 5.32 Å². The fraction of sp³-hybridized carbons (Fsp3) is 0.0714. The molecule has 2 rings (SSSR count). The molecule has 2 aromatic carbocycles. The van der Waals surface area contributed by atoms with Gasteiger partial charge in [-0.2, -0.15) is 0 Å². The zero-order chi connectivity index (χ0) is 14.5. The molecule has 3 nitrogen and oxygen atoms in total. The molecule has 0 fully saturated rings. The van der Waals surface area contributed by atoms with Crippen LogP contribution in [0.1, 0.15) is 0 Å². The molecule has 2 aromatic rings. The Kier molecular flexibility index (Phi) is 4.87. The highest BCUT2D eigenvalue weighted by Gasteiger charge is 2.08. The highest BCUT2D eigenvalue weighted by atomic mass is 35.5. The van der Waals surface area contributed by atoms with Crippen LogP contribution in [0.15, 0.2) is 47.4 Å². The van der Waals surface area contributed by atoms with E-state index in [0.29, 0.717) is 21.3 Å². The number of halogens is 2. The Bertz CT molecular complexity index is 636. The lowest BCUT2D eigenvalue weighted by molar-refractivity contribution is -0.113. The summed E-state index contributed by atoms with van der Waals surface area (Å²) in [7, 11) is 0. The van der Waals surface area contributed by atoms with Gasteiger partial charge >= 0.3 is 0 Å². The van der Waals surface area contributed by atoms with Gasteiger partial charge in [0.1, 0.15) is 5.82 Å². The summed E-state index contributed by atoms with van der Waals surface area (Å²) in [4.78, 5) is 12.4. The molecule has 0 bridgehead atoms. The second-order valence-electron chi connectivity index (χ2n) is 4.00. The molecule has 0 heterocycles. The van der Waals surface area contributed by atoms with Gasteiger partial charge in [0.05, 0.1) is 16.5 Å². The summed E-state index contributed by atoms with van der Waals surface area (Å²) in [5, 5.41) is 3.16. The molecule has 0 unspecified atom stereocenters. The molecule has 0 aliphatic heterocycles. The number of carbonyl (C=O) groups excluding carboxylic acids is 1. The third-order valence-electron chi connectivity index (χ3n) is 2.48. The lowest BCUT2D eigenvalue weighted by Crippen LogP contribution is -2.14. The largest absolute Gasteiger partial charge is 0.398 e. The average Bonchev–Trinajstić information content (AvgIpc) is 2.42. The summed E-state index contributed by atoms with van der Waals surface area (Å²) in [6, 6.07) is 11.0. The molecule has 6 heteroatoms. The number of amides is 1. The van der Waals surface area contributed by atoms with E-state index in [9.17, 15) is 9.18 Å². The molecule has 0 radical (unpaired) electrons. The van der Waals surface area contributed by atoms with E-state index < -0.39 is 0 Å². The van der Waals surface area contributed by atoms with Crippen molar-refractivity contribution in [2.45, 2.75) is 4.90 Å². The summed E-state index contributed by atoms with van der Waals surface area (Å²) in [6.45, 7) is 0.